The van der Waals surface area contributed by atoms with Crippen LogP contribution in [0.1, 0.15) is 5.56 Å². The molecule has 0 radical (unpaired) electrons. The largest absolute Gasteiger partial charge is 0.365 e. The Labute approximate surface area is 160 Å². The number of nitrogens with zero attached hydrogens (tertiary/aromatic N) is 3. The first-order chi connectivity index (χ1) is 13.2. The minimum Gasteiger partial charge on any atom is -0.365 e. The van der Waals surface area contributed by atoms with Crippen molar-refractivity contribution in [3.63, 3.8) is 0 Å². The van der Waals surface area contributed by atoms with Crippen LogP contribution in [0.15, 0.2) is 18.2 Å². The van der Waals surface area contributed by atoms with Crippen LogP contribution in [0, 0.1) is 15.5 Å². The molecule has 4 amide bonds. The monoisotopic (exact) mass is 392 g/mol. The first-order valence-corrected chi connectivity index (χ1v) is 8.45. The number of carbonyl (C=O) groups is 3. The lowest BCUT2D eigenvalue weighted by atomic mass is 9.74. The van der Waals surface area contributed by atoms with Crippen molar-refractivity contribution in [3.8, 4) is 0 Å². The van der Waals surface area contributed by atoms with Gasteiger partial charge in [0.25, 0.3) is 5.69 Å². The van der Waals surface area contributed by atoms with E-state index in [2.05, 4.69) is 5.32 Å². The van der Waals surface area contributed by atoms with E-state index < -0.39 is 34.5 Å². The van der Waals surface area contributed by atoms with Crippen LogP contribution < -0.4 is 10.2 Å². The number of nitrogens with one attached hydrogen (secondary N) is 1. The molecule has 1 saturated heterocycles. The van der Waals surface area contributed by atoms with Crippen LogP contribution in [0.3, 0.4) is 0 Å². The highest BCUT2D eigenvalue weighted by atomic mass is 16.7. The van der Waals surface area contributed by atoms with Crippen molar-refractivity contribution >= 4 is 29.2 Å². The summed E-state index contributed by atoms with van der Waals surface area (Å²) >= 11 is 0. The predicted molar refractivity (Wildman–Crippen MR) is 95.6 cm³/mol. The lowest BCUT2D eigenvalue weighted by molar-refractivity contribution is -0.384. The highest BCUT2D eigenvalue weighted by molar-refractivity contribution is 6.19. The third kappa shape index (κ3) is 3.08. The molecule has 1 aromatic carbocycles. The maximum atomic E-state index is 12.9. The van der Waals surface area contributed by atoms with Crippen molar-refractivity contribution in [1.82, 2.24) is 10.2 Å². The lowest BCUT2D eigenvalue weighted by Gasteiger charge is -2.45. The van der Waals surface area contributed by atoms with Gasteiger partial charge in [0.1, 0.15) is 5.41 Å². The lowest BCUT2D eigenvalue weighted by Crippen LogP contribution is -2.68. The Morgan fingerprint density at radius 3 is 2.57 bits per heavy atom. The van der Waals surface area contributed by atoms with Gasteiger partial charge < -0.3 is 14.4 Å². The Morgan fingerprint density at radius 1 is 1.29 bits per heavy atom. The molecular formula is C17H20N4O7. The molecule has 1 aromatic rings. The van der Waals surface area contributed by atoms with Crippen LogP contribution in [0.4, 0.5) is 16.2 Å². The molecule has 2 aliphatic heterocycles. The van der Waals surface area contributed by atoms with Gasteiger partial charge in [-0.1, -0.05) is 0 Å². The van der Waals surface area contributed by atoms with Gasteiger partial charge in [-0.25, -0.2) is 4.79 Å². The SMILES string of the molecule is COC(CN1C[C@@]2(Cc3cc([N+](=O)[O-])ccc31)C(=O)NC(=O)N(C)C2=O)OC. The van der Waals surface area contributed by atoms with Crippen LogP contribution in [0.2, 0.25) is 0 Å². The number of rotatable bonds is 5. The number of fused-ring (bicyclic) bond motifs is 1. The van der Waals surface area contributed by atoms with Crippen LogP contribution in [-0.4, -0.2) is 68.3 Å². The molecule has 0 aromatic heterocycles. The van der Waals surface area contributed by atoms with Gasteiger partial charge in [-0.3, -0.25) is 29.9 Å². The number of ether oxygens (including phenoxy) is 2. The molecular weight excluding hydrogens is 372 g/mol. The Kier molecular flexibility index (Phi) is 5.04. The van der Waals surface area contributed by atoms with Crippen molar-refractivity contribution in [2.24, 2.45) is 5.41 Å². The molecule has 1 N–H and O–H groups in total. The van der Waals surface area contributed by atoms with E-state index in [1.165, 1.54) is 33.4 Å². The van der Waals surface area contributed by atoms with Crippen molar-refractivity contribution in [2.75, 3.05) is 39.3 Å². The molecule has 0 bridgehead atoms. The van der Waals surface area contributed by atoms with Gasteiger partial charge in [-0.15, -0.1) is 0 Å². The summed E-state index contributed by atoms with van der Waals surface area (Å²) in [5.41, 5.74) is -0.649. The minimum atomic E-state index is -1.59. The summed E-state index contributed by atoms with van der Waals surface area (Å²) < 4.78 is 10.4. The molecule has 0 aliphatic carbocycles. The van der Waals surface area contributed by atoms with Crippen molar-refractivity contribution < 1.29 is 28.8 Å². The number of benzene rings is 1. The van der Waals surface area contributed by atoms with Gasteiger partial charge in [0, 0.05) is 45.6 Å². The van der Waals surface area contributed by atoms with Gasteiger partial charge in [0.2, 0.25) is 11.8 Å². The second kappa shape index (κ2) is 7.17. The second-order valence-electron chi connectivity index (χ2n) is 6.73. The van der Waals surface area contributed by atoms with Gasteiger partial charge in [0.15, 0.2) is 6.29 Å². The van der Waals surface area contributed by atoms with Gasteiger partial charge in [-0.05, 0) is 18.1 Å². The van der Waals surface area contributed by atoms with Crippen LogP contribution >= 0.6 is 0 Å². The van der Waals surface area contributed by atoms with Gasteiger partial charge in [0.05, 0.1) is 11.5 Å². The van der Waals surface area contributed by atoms with Crippen molar-refractivity contribution in [3.05, 3.63) is 33.9 Å². The van der Waals surface area contributed by atoms with Crippen molar-refractivity contribution in [2.45, 2.75) is 12.7 Å². The van der Waals surface area contributed by atoms with E-state index in [0.29, 0.717) is 11.3 Å². The summed E-state index contributed by atoms with van der Waals surface area (Å²) in [5.74, 6) is -1.39. The third-order valence-corrected chi connectivity index (χ3v) is 5.14. The standard InChI is InChI=1S/C17H20N4O7/c1-19-15(23)17(14(22)18-16(19)24)7-10-6-11(21(25)26)4-5-12(10)20(9-17)8-13(27-2)28-3/h4-6,13H,7-9H2,1-3H3,(H,18,22,24)/t17-/m0/s1. The number of nitro groups is 1. The first kappa shape index (κ1) is 19.7. The number of hydrogen-bond donors (Lipinski definition) is 1. The third-order valence-electron chi connectivity index (χ3n) is 5.14. The summed E-state index contributed by atoms with van der Waals surface area (Å²) in [6.45, 7) is 0.154. The van der Waals surface area contributed by atoms with E-state index in [1.54, 1.807) is 11.0 Å². The molecule has 11 nitrogen and oxygen atoms in total. The normalized spacial score (nSPS) is 21.9. The molecule has 28 heavy (non-hydrogen) atoms. The molecule has 0 unspecified atom stereocenters. The fourth-order valence-corrected chi connectivity index (χ4v) is 3.62. The van der Waals surface area contributed by atoms with Crippen LogP contribution in [-0.2, 0) is 25.5 Å². The van der Waals surface area contributed by atoms with E-state index in [1.807, 2.05) is 0 Å². The summed E-state index contributed by atoms with van der Waals surface area (Å²) in [4.78, 5) is 50.7. The Balaban J connectivity index is 2.10. The fraction of sp³-hybridized carbons (Fsp3) is 0.471. The Morgan fingerprint density at radius 2 is 1.96 bits per heavy atom. The summed E-state index contributed by atoms with van der Waals surface area (Å²) in [6, 6.07) is 3.47. The predicted octanol–water partition coefficient (Wildman–Crippen LogP) is 0.271. The maximum Gasteiger partial charge on any atom is 0.330 e. The second-order valence-corrected chi connectivity index (χ2v) is 6.73. The number of hydrogen-bond acceptors (Lipinski definition) is 8. The zero-order valence-electron chi connectivity index (χ0n) is 15.6. The van der Waals surface area contributed by atoms with E-state index in [4.69, 9.17) is 9.47 Å². The molecule has 11 heteroatoms. The highest BCUT2D eigenvalue weighted by Crippen LogP contribution is 2.41. The number of imide groups is 2. The van der Waals surface area contributed by atoms with Crippen molar-refractivity contribution in [1.29, 1.82) is 0 Å². The molecule has 1 atom stereocenters. The summed E-state index contributed by atoms with van der Waals surface area (Å²) in [7, 11) is 4.19. The number of methoxy groups -OCH3 is 2. The number of anilines is 1. The smallest absolute Gasteiger partial charge is 0.330 e. The topological polar surface area (TPSA) is 131 Å². The fourth-order valence-electron chi connectivity index (χ4n) is 3.62. The maximum absolute atomic E-state index is 12.9. The number of amides is 4. The van der Waals surface area contributed by atoms with E-state index in [0.717, 1.165) is 4.90 Å². The van der Waals surface area contributed by atoms with E-state index >= 15 is 0 Å². The zero-order chi connectivity index (χ0) is 20.6. The quantitative estimate of drug-likeness (QED) is 0.327. The molecule has 3 rings (SSSR count). The number of barbiturate groups is 1. The average Bonchev–Trinajstić information content (AvgIpc) is 2.68. The summed E-state index contributed by atoms with van der Waals surface area (Å²) in [5, 5.41) is 13.4. The molecule has 150 valence electrons. The number of nitro benzene ring substituents is 1. The molecule has 2 aliphatic rings. The van der Waals surface area contributed by atoms with E-state index in [-0.39, 0.29) is 25.2 Å². The van der Waals surface area contributed by atoms with Gasteiger partial charge >= 0.3 is 6.03 Å². The highest BCUT2D eigenvalue weighted by Gasteiger charge is 2.56. The Bertz CT molecular complexity index is 854. The van der Waals surface area contributed by atoms with Gasteiger partial charge in [-0.2, -0.15) is 0 Å². The number of urea groups is 1. The minimum absolute atomic E-state index is 0.0245. The van der Waals surface area contributed by atoms with Crippen LogP contribution in [0.5, 0.6) is 0 Å². The molecule has 2 heterocycles. The molecule has 1 fully saturated rings. The average molecular weight is 392 g/mol. The summed E-state index contributed by atoms with van der Waals surface area (Å²) in [6.07, 6.45) is -0.715. The molecule has 1 spiro atoms. The number of non-ortho nitro benzene ring substituents is 1. The zero-order valence-corrected chi connectivity index (χ0v) is 15.6. The molecule has 0 saturated carbocycles. The first-order valence-electron chi connectivity index (χ1n) is 8.45. The van der Waals surface area contributed by atoms with E-state index in [9.17, 15) is 24.5 Å². The number of carbonyl (C=O) groups excluding carboxylic acids is 3. The van der Waals surface area contributed by atoms with Crippen LogP contribution in [0.25, 0.3) is 0 Å². The Hall–Kier alpha value is -3.05.